The second-order valence-electron chi connectivity index (χ2n) is 7.44. The summed E-state index contributed by atoms with van der Waals surface area (Å²) in [6, 6.07) is 11.6. The van der Waals surface area contributed by atoms with Crippen molar-refractivity contribution in [3.63, 3.8) is 0 Å². The first-order chi connectivity index (χ1) is 15.2. The zero-order valence-corrected chi connectivity index (χ0v) is 18.3. The van der Waals surface area contributed by atoms with Crippen molar-refractivity contribution in [2.75, 3.05) is 31.5 Å². The van der Waals surface area contributed by atoms with Crippen LogP contribution >= 0.6 is 23.1 Å². The normalized spacial score (nSPS) is 19.2. The molecular formula is C21H21N5O3S2. The number of thioether (sulfide) groups is 1. The summed E-state index contributed by atoms with van der Waals surface area (Å²) in [6.07, 6.45) is 0.207. The predicted octanol–water partition coefficient (Wildman–Crippen LogP) is 2.95. The third kappa shape index (κ3) is 4.51. The molecule has 160 valence electrons. The number of hydrogen-bond donors (Lipinski definition) is 1. The zero-order chi connectivity index (χ0) is 21.2. The Balaban J connectivity index is 1.12. The molecule has 3 aromatic rings. The van der Waals surface area contributed by atoms with Gasteiger partial charge in [-0.3, -0.25) is 14.5 Å². The number of carbonyl (C=O) groups is 2. The molecule has 2 aromatic heterocycles. The minimum atomic E-state index is -0.394. The number of nitrogens with one attached hydrogen (secondary N) is 1. The van der Waals surface area contributed by atoms with Gasteiger partial charge in [-0.15, -0.1) is 23.1 Å². The van der Waals surface area contributed by atoms with E-state index >= 15 is 0 Å². The van der Waals surface area contributed by atoms with Crippen LogP contribution in [0.2, 0.25) is 0 Å². The number of fused-ring (bicyclic) bond motifs is 1. The van der Waals surface area contributed by atoms with E-state index in [9.17, 15) is 9.59 Å². The maximum absolute atomic E-state index is 12.8. The van der Waals surface area contributed by atoms with Crippen LogP contribution in [0.4, 0.5) is 5.69 Å². The van der Waals surface area contributed by atoms with Crippen LogP contribution in [-0.4, -0.2) is 63.2 Å². The number of piperazine rings is 1. The smallest absolute Gasteiger partial charge is 0.241 e. The van der Waals surface area contributed by atoms with Crippen LogP contribution in [0.15, 0.2) is 51.2 Å². The highest BCUT2D eigenvalue weighted by Gasteiger charge is 2.31. The molecule has 31 heavy (non-hydrogen) atoms. The Morgan fingerprint density at radius 1 is 1.16 bits per heavy atom. The molecule has 1 aromatic carbocycles. The highest BCUT2D eigenvalue weighted by molar-refractivity contribution is 8.01. The van der Waals surface area contributed by atoms with Gasteiger partial charge in [-0.25, -0.2) is 0 Å². The molecule has 0 unspecified atom stereocenters. The summed E-state index contributed by atoms with van der Waals surface area (Å²) in [7, 11) is 0. The van der Waals surface area contributed by atoms with Crippen molar-refractivity contribution in [3.8, 4) is 10.7 Å². The van der Waals surface area contributed by atoms with Crippen LogP contribution in [-0.2, 0) is 16.1 Å². The maximum atomic E-state index is 12.8. The molecule has 2 aliphatic heterocycles. The van der Waals surface area contributed by atoms with Gasteiger partial charge in [0.1, 0.15) is 0 Å². The average Bonchev–Trinajstić information content (AvgIpc) is 3.47. The summed E-state index contributed by atoms with van der Waals surface area (Å²) >= 11 is 3.04. The molecule has 1 N–H and O–H groups in total. The molecule has 0 radical (unpaired) electrons. The Kier molecular flexibility index (Phi) is 5.75. The van der Waals surface area contributed by atoms with Crippen molar-refractivity contribution in [2.45, 2.75) is 23.1 Å². The van der Waals surface area contributed by atoms with Crippen LogP contribution in [0.25, 0.3) is 10.7 Å². The number of carbonyl (C=O) groups excluding carboxylic acids is 2. The number of benzene rings is 1. The van der Waals surface area contributed by atoms with Crippen molar-refractivity contribution >= 4 is 40.6 Å². The van der Waals surface area contributed by atoms with E-state index < -0.39 is 5.25 Å². The number of nitrogens with zero attached hydrogens (tertiary/aromatic N) is 4. The molecule has 1 fully saturated rings. The lowest BCUT2D eigenvalue weighted by atomic mass is 10.2. The monoisotopic (exact) mass is 455 g/mol. The fraction of sp³-hybridized carbons (Fsp3) is 0.333. The molecule has 2 aliphatic rings. The molecule has 2 amide bonds. The van der Waals surface area contributed by atoms with Crippen molar-refractivity contribution < 1.29 is 14.1 Å². The molecule has 8 nitrogen and oxygen atoms in total. The van der Waals surface area contributed by atoms with E-state index in [0.717, 1.165) is 28.5 Å². The van der Waals surface area contributed by atoms with Crippen molar-refractivity contribution in [1.29, 1.82) is 0 Å². The lowest BCUT2D eigenvalue weighted by Crippen LogP contribution is -2.49. The standard InChI is InChI=1S/C21H21N5O3S2/c27-19(12-17-21(28)22-14-4-1-2-5-15(14)31-17)26-9-7-25(8-10-26)13-18-23-20(24-29-18)16-6-3-11-30-16/h1-6,11,17H,7-10,12-13H2,(H,22,28)/t17-/m1/s1. The first-order valence-electron chi connectivity index (χ1n) is 10.1. The average molecular weight is 456 g/mol. The van der Waals surface area contributed by atoms with Crippen LogP contribution in [0, 0.1) is 0 Å². The van der Waals surface area contributed by atoms with Gasteiger partial charge in [0.25, 0.3) is 0 Å². The zero-order valence-electron chi connectivity index (χ0n) is 16.7. The number of amides is 2. The molecule has 0 aliphatic carbocycles. The third-order valence-electron chi connectivity index (χ3n) is 5.36. The van der Waals surface area contributed by atoms with Gasteiger partial charge >= 0.3 is 0 Å². The van der Waals surface area contributed by atoms with Gasteiger partial charge in [-0.1, -0.05) is 23.4 Å². The Labute approximate surface area is 187 Å². The van der Waals surface area contributed by atoms with Crippen molar-refractivity contribution in [3.05, 3.63) is 47.7 Å². The second kappa shape index (κ2) is 8.81. The van der Waals surface area contributed by atoms with E-state index in [1.807, 2.05) is 46.7 Å². The summed E-state index contributed by atoms with van der Waals surface area (Å²) in [4.78, 5) is 35.7. The van der Waals surface area contributed by atoms with Gasteiger partial charge in [0.2, 0.25) is 23.5 Å². The van der Waals surface area contributed by atoms with Gasteiger partial charge in [0.05, 0.1) is 22.4 Å². The van der Waals surface area contributed by atoms with Crippen molar-refractivity contribution in [2.24, 2.45) is 0 Å². The number of para-hydroxylation sites is 1. The minimum absolute atomic E-state index is 0.0180. The molecule has 5 rings (SSSR count). The van der Waals surface area contributed by atoms with Gasteiger partial charge < -0.3 is 14.7 Å². The summed E-state index contributed by atoms with van der Waals surface area (Å²) in [5.41, 5.74) is 0.818. The number of thiophene rings is 1. The largest absolute Gasteiger partial charge is 0.340 e. The number of anilines is 1. The van der Waals surface area contributed by atoms with E-state index in [1.54, 1.807) is 11.3 Å². The Morgan fingerprint density at radius 2 is 2.00 bits per heavy atom. The molecule has 0 bridgehead atoms. The SMILES string of the molecule is O=C1Nc2ccccc2S[C@@H]1CC(=O)N1CCN(Cc2nc(-c3cccs3)no2)CC1. The molecule has 0 saturated carbocycles. The van der Waals surface area contributed by atoms with E-state index in [0.29, 0.717) is 31.3 Å². The number of aromatic nitrogens is 2. The molecule has 0 spiro atoms. The number of hydrogen-bond acceptors (Lipinski definition) is 8. The quantitative estimate of drug-likeness (QED) is 0.632. The lowest BCUT2D eigenvalue weighted by molar-refractivity contribution is -0.134. The number of rotatable bonds is 5. The maximum Gasteiger partial charge on any atom is 0.241 e. The highest BCUT2D eigenvalue weighted by Crippen LogP contribution is 2.36. The highest BCUT2D eigenvalue weighted by atomic mass is 32.2. The van der Waals surface area contributed by atoms with Gasteiger partial charge in [-0.05, 0) is 23.6 Å². The second-order valence-corrected chi connectivity index (χ2v) is 9.63. The lowest BCUT2D eigenvalue weighted by Gasteiger charge is -2.35. The summed E-state index contributed by atoms with van der Waals surface area (Å²) < 4.78 is 5.38. The molecule has 1 saturated heterocycles. The molecule has 1 atom stereocenters. The van der Waals surface area contributed by atoms with Crippen LogP contribution in [0.1, 0.15) is 12.3 Å². The van der Waals surface area contributed by atoms with Crippen molar-refractivity contribution in [1.82, 2.24) is 19.9 Å². The first kappa shape index (κ1) is 20.2. The molecular weight excluding hydrogens is 434 g/mol. The molecule has 4 heterocycles. The van der Waals surface area contributed by atoms with E-state index in [1.165, 1.54) is 11.8 Å². The van der Waals surface area contributed by atoms with Crippen LogP contribution in [0.3, 0.4) is 0 Å². The Bertz CT molecular complexity index is 1080. The summed E-state index contributed by atoms with van der Waals surface area (Å²) in [5.74, 6) is 1.11. The fourth-order valence-corrected chi connectivity index (χ4v) is 5.44. The first-order valence-corrected chi connectivity index (χ1v) is 11.8. The topological polar surface area (TPSA) is 91.6 Å². The fourth-order valence-electron chi connectivity index (χ4n) is 3.69. The molecule has 10 heteroatoms. The van der Waals surface area contributed by atoms with E-state index in [4.69, 9.17) is 4.52 Å². The van der Waals surface area contributed by atoms with E-state index in [-0.39, 0.29) is 18.2 Å². The van der Waals surface area contributed by atoms with Crippen LogP contribution < -0.4 is 5.32 Å². The minimum Gasteiger partial charge on any atom is -0.340 e. The van der Waals surface area contributed by atoms with Crippen LogP contribution in [0.5, 0.6) is 0 Å². The summed E-state index contributed by atoms with van der Waals surface area (Å²) in [6.45, 7) is 3.28. The predicted molar refractivity (Wildman–Crippen MR) is 119 cm³/mol. The Hall–Kier alpha value is -2.69. The third-order valence-corrected chi connectivity index (χ3v) is 7.50. The van der Waals surface area contributed by atoms with Gasteiger partial charge in [0, 0.05) is 37.5 Å². The van der Waals surface area contributed by atoms with E-state index in [2.05, 4.69) is 20.4 Å². The van der Waals surface area contributed by atoms with Gasteiger partial charge in [-0.2, -0.15) is 4.98 Å². The van der Waals surface area contributed by atoms with Gasteiger partial charge in [0.15, 0.2) is 0 Å². The Morgan fingerprint density at radius 3 is 2.81 bits per heavy atom. The summed E-state index contributed by atoms with van der Waals surface area (Å²) in [5, 5.41) is 8.54.